The van der Waals surface area contributed by atoms with Crippen LogP contribution < -0.4 is 10.6 Å². The van der Waals surface area contributed by atoms with E-state index in [4.69, 9.17) is 4.42 Å². The summed E-state index contributed by atoms with van der Waals surface area (Å²) in [5.74, 6) is -0.238. The summed E-state index contributed by atoms with van der Waals surface area (Å²) in [7, 11) is 0. The minimum Gasteiger partial charge on any atom is -0.459 e. The van der Waals surface area contributed by atoms with Crippen molar-refractivity contribution in [3.63, 3.8) is 0 Å². The highest BCUT2D eigenvalue weighted by Gasteiger charge is 2.33. The van der Waals surface area contributed by atoms with E-state index in [9.17, 15) is 14.4 Å². The fraction of sp³-hybridized carbons (Fsp3) is 0.350. The van der Waals surface area contributed by atoms with Crippen LogP contribution in [-0.2, 0) is 4.79 Å². The Morgan fingerprint density at radius 2 is 1.75 bits per heavy atom. The molecule has 0 saturated carbocycles. The van der Waals surface area contributed by atoms with Crippen LogP contribution in [0.5, 0.6) is 0 Å². The summed E-state index contributed by atoms with van der Waals surface area (Å²) < 4.78 is 5.18. The molecule has 2 N–H and O–H groups in total. The van der Waals surface area contributed by atoms with Crippen molar-refractivity contribution >= 4 is 17.8 Å². The Bertz CT molecular complexity index is 799. The van der Waals surface area contributed by atoms with Crippen LogP contribution in [0.1, 0.15) is 29.1 Å². The zero-order valence-corrected chi connectivity index (χ0v) is 15.8. The van der Waals surface area contributed by atoms with Crippen molar-refractivity contribution in [3.8, 4) is 0 Å². The first kappa shape index (κ1) is 19.6. The molecule has 1 aliphatic rings. The van der Waals surface area contributed by atoms with Gasteiger partial charge in [0.05, 0.1) is 6.26 Å². The van der Waals surface area contributed by atoms with Gasteiger partial charge in [-0.1, -0.05) is 30.3 Å². The van der Waals surface area contributed by atoms with Crippen molar-refractivity contribution in [2.75, 3.05) is 32.7 Å². The maximum absolute atomic E-state index is 12.8. The number of benzene rings is 1. The van der Waals surface area contributed by atoms with E-state index in [-0.39, 0.29) is 11.8 Å². The molecule has 4 amide bonds. The van der Waals surface area contributed by atoms with Gasteiger partial charge in [-0.05, 0) is 24.6 Å². The zero-order valence-electron chi connectivity index (χ0n) is 15.8. The van der Waals surface area contributed by atoms with E-state index in [1.807, 2.05) is 35.2 Å². The second kappa shape index (κ2) is 9.18. The van der Waals surface area contributed by atoms with E-state index in [0.29, 0.717) is 38.5 Å². The summed E-state index contributed by atoms with van der Waals surface area (Å²) >= 11 is 0. The van der Waals surface area contributed by atoms with E-state index in [1.54, 1.807) is 24.0 Å². The Morgan fingerprint density at radius 3 is 2.36 bits per heavy atom. The molecule has 0 bridgehead atoms. The summed E-state index contributed by atoms with van der Waals surface area (Å²) in [6.07, 6.45) is 1.47. The SMILES string of the molecule is CCNC(=O)NC(=O)[C@H](c1ccccc1)N1CCN(C(=O)c2ccco2)CC1. The molecule has 1 fully saturated rings. The van der Waals surface area contributed by atoms with Crippen molar-refractivity contribution in [2.24, 2.45) is 0 Å². The van der Waals surface area contributed by atoms with Gasteiger partial charge in [0.15, 0.2) is 5.76 Å². The van der Waals surface area contributed by atoms with Crippen molar-refractivity contribution in [2.45, 2.75) is 13.0 Å². The molecule has 1 aromatic heterocycles. The molecule has 0 radical (unpaired) electrons. The third-order valence-electron chi connectivity index (χ3n) is 4.64. The van der Waals surface area contributed by atoms with Gasteiger partial charge in [0.2, 0.25) is 5.91 Å². The molecule has 2 heterocycles. The summed E-state index contributed by atoms with van der Waals surface area (Å²) in [4.78, 5) is 40.8. The molecular formula is C20H24N4O4. The highest BCUT2D eigenvalue weighted by Crippen LogP contribution is 2.23. The number of nitrogens with one attached hydrogen (secondary N) is 2. The minimum absolute atomic E-state index is 0.160. The van der Waals surface area contributed by atoms with E-state index in [0.717, 1.165) is 5.56 Å². The van der Waals surface area contributed by atoms with Crippen LogP contribution in [0.25, 0.3) is 0 Å². The number of rotatable bonds is 5. The molecule has 1 atom stereocenters. The van der Waals surface area contributed by atoms with Gasteiger partial charge in [0.25, 0.3) is 5.91 Å². The lowest BCUT2D eigenvalue weighted by molar-refractivity contribution is -0.126. The predicted octanol–water partition coefficient (Wildman–Crippen LogP) is 1.62. The van der Waals surface area contributed by atoms with Gasteiger partial charge in [-0.2, -0.15) is 0 Å². The highest BCUT2D eigenvalue weighted by atomic mass is 16.3. The molecule has 0 spiro atoms. The fourth-order valence-corrected chi connectivity index (χ4v) is 3.29. The summed E-state index contributed by atoms with van der Waals surface area (Å²) in [5.41, 5.74) is 0.801. The quantitative estimate of drug-likeness (QED) is 0.817. The Balaban J connectivity index is 1.70. The number of carbonyl (C=O) groups is 3. The van der Waals surface area contributed by atoms with Gasteiger partial charge in [0.1, 0.15) is 6.04 Å². The normalized spacial score (nSPS) is 15.7. The number of carbonyl (C=O) groups excluding carboxylic acids is 3. The van der Waals surface area contributed by atoms with E-state index in [2.05, 4.69) is 10.6 Å². The standard InChI is InChI=1S/C20H24N4O4/c1-2-21-20(27)22-18(25)17(15-7-4-3-5-8-15)23-10-12-24(13-11-23)19(26)16-9-6-14-28-16/h3-9,14,17H,2,10-13H2,1H3,(H2,21,22,25,27)/t17-/m0/s1. The van der Waals surface area contributed by atoms with Gasteiger partial charge >= 0.3 is 6.03 Å². The summed E-state index contributed by atoms with van der Waals surface area (Å²) in [6, 6.07) is 11.5. The third kappa shape index (κ3) is 4.58. The predicted molar refractivity (Wildman–Crippen MR) is 103 cm³/mol. The van der Waals surface area contributed by atoms with Crippen molar-refractivity contribution in [1.29, 1.82) is 0 Å². The van der Waals surface area contributed by atoms with Gasteiger partial charge in [-0.15, -0.1) is 0 Å². The molecule has 2 aromatic rings. The Morgan fingerprint density at radius 1 is 1.04 bits per heavy atom. The van der Waals surface area contributed by atoms with Crippen LogP contribution in [0.15, 0.2) is 53.1 Å². The number of furan rings is 1. The van der Waals surface area contributed by atoms with Crippen LogP contribution >= 0.6 is 0 Å². The molecule has 148 valence electrons. The molecule has 1 aromatic carbocycles. The van der Waals surface area contributed by atoms with Gasteiger partial charge in [-0.3, -0.25) is 19.8 Å². The van der Waals surface area contributed by atoms with E-state index < -0.39 is 12.1 Å². The van der Waals surface area contributed by atoms with Gasteiger partial charge in [-0.25, -0.2) is 4.79 Å². The van der Waals surface area contributed by atoms with Crippen LogP contribution in [0.3, 0.4) is 0 Å². The minimum atomic E-state index is -0.607. The Labute approximate surface area is 163 Å². The number of imide groups is 1. The zero-order chi connectivity index (χ0) is 19.9. The van der Waals surface area contributed by atoms with Gasteiger partial charge < -0.3 is 14.6 Å². The number of hydrogen-bond acceptors (Lipinski definition) is 5. The summed E-state index contributed by atoms with van der Waals surface area (Å²) in [6.45, 7) is 4.18. The van der Waals surface area contributed by atoms with Gasteiger partial charge in [0, 0.05) is 32.7 Å². The monoisotopic (exact) mass is 384 g/mol. The molecular weight excluding hydrogens is 360 g/mol. The maximum atomic E-state index is 12.8. The average molecular weight is 384 g/mol. The topological polar surface area (TPSA) is 94.9 Å². The lowest BCUT2D eigenvalue weighted by Gasteiger charge is -2.38. The largest absolute Gasteiger partial charge is 0.459 e. The molecule has 1 aliphatic heterocycles. The molecule has 8 heteroatoms. The van der Waals surface area contributed by atoms with E-state index >= 15 is 0 Å². The second-order valence-corrected chi connectivity index (χ2v) is 6.47. The molecule has 0 aliphatic carbocycles. The molecule has 28 heavy (non-hydrogen) atoms. The average Bonchev–Trinajstić information content (AvgIpc) is 3.24. The van der Waals surface area contributed by atoms with Crippen LogP contribution in [0.4, 0.5) is 4.79 Å². The Kier molecular flexibility index (Phi) is 6.44. The Hall–Kier alpha value is -3.13. The first-order chi connectivity index (χ1) is 13.6. The first-order valence-electron chi connectivity index (χ1n) is 9.30. The number of hydrogen-bond donors (Lipinski definition) is 2. The second-order valence-electron chi connectivity index (χ2n) is 6.47. The van der Waals surface area contributed by atoms with Crippen LogP contribution in [0.2, 0.25) is 0 Å². The highest BCUT2D eigenvalue weighted by molar-refractivity contribution is 5.97. The van der Waals surface area contributed by atoms with Crippen molar-refractivity contribution in [1.82, 2.24) is 20.4 Å². The molecule has 0 unspecified atom stereocenters. The van der Waals surface area contributed by atoms with Crippen molar-refractivity contribution < 1.29 is 18.8 Å². The van der Waals surface area contributed by atoms with Crippen LogP contribution in [-0.4, -0.2) is 60.4 Å². The number of urea groups is 1. The first-order valence-corrected chi connectivity index (χ1v) is 9.30. The molecule has 8 nitrogen and oxygen atoms in total. The molecule has 1 saturated heterocycles. The third-order valence-corrected chi connectivity index (χ3v) is 4.64. The lowest BCUT2D eigenvalue weighted by Crippen LogP contribution is -2.53. The fourth-order valence-electron chi connectivity index (χ4n) is 3.29. The number of piperazine rings is 1. The number of nitrogens with zero attached hydrogens (tertiary/aromatic N) is 2. The molecule has 3 rings (SSSR count). The smallest absolute Gasteiger partial charge is 0.321 e. The number of amides is 4. The maximum Gasteiger partial charge on any atom is 0.321 e. The van der Waals surface area contributed by atoms with E-state index in [1.165, 1.54) is 6.26 Å². The lowest BCUT2D eigenvalue weighted by atomic mass is 10.0. The van der Waals surface area contributed by atoms with Crippen LogP contribution in [0, 0.1) is 0 Å². The summed E-state index contributed by atoms with van der Waals surface area (Å²) in [5, 5.41) is 4.98. The van der Waals surface area contributed by atoms with Crippen molar-refractivity contribution in [3.05, 3.63) is 60.1 Å².